The molecule has 2 aromatic heterocycles. The zero-order valence-electron chi connectivity index (χ0n) is 13.2. The second kappa shape index (κ2) is 7.33. The molecule has 8 heteroatoms. The van der Waals surface area contributed by atoms with Crippen LogP contribution in [0.4, 0.5) is 5.69 Å². The molecule has 4 nitrogen and oxygen atoms in total. The maximum atomic E-state index is 12.2. The van der Waals surface area contributed by atoms with Gasteiger partial charge in [0, 0.05) is 5.69 Å². The Labute approximate surface area is 161 Å². The second-order valence-corrected chi connectivity index (χ2v) is 9.49. The van der Waals surface area contributed by atoms with Crippen LogP contribution in [0.25, 0.3) is 20.4 Å². The standard InChI is InChI=1S/C17H13N3OS4/c1-22-16-19-12-7-6-10(8-14(12)25-16)18-15(21)9-23-17-20-11-4-2-3-5-13(11)24-17/h2-8H,9H2,1H3,(H,18,21). The van der Waals surface area contributed by atoms with Gasteiger partial charge in [-0.2, -0.15) is 0 Å². The molecule has 0 bridgehead atoms. The highest BCUT2D eigenvalue weighted by Crippen LogP contribution is 2.31. The van der Waals surface area contributed by atoms with E-state index in [-0.39, 0.29) is 5.91 Å². The topological polar surface area (TPSA) is 54.9 Å². The van der Waals surface area contributed by atoms with E-state index in [0.717, 1.165) is 34.8 Å². The minimum absolute atomic E-state index is 0.0294. The number of thioether (sulfide) groups is 2. The number of nitrogens with zero attached hydrogens (tertiary/aromatic N) is 2. The third-order valence-corrected chi connectivity index (χ3v) is 7.61. The Balaban J connectivity index is 1.41. The molecule has 0 fully saturated rings. The average molecular weight is 404 g/mol. The fraction of sp³-hybridized carbons (Fsp3) is 0.118. The second-order valence-electron chi connectivity index (χ2n) is 5.15. The summed E-state index contributed by atoms with van der Waals surface area (Å²) in [6.45, 7) is 0. The van der Waals surface area contributed by atoms with Crippen molar-refractivity contribution >= 4 is 78.2 Å². The highest BCUT2D eigenvalue weighted by Gasteiger charge is 2.09. The highest BCUT2D eigenvalue weighted by atomic mass is 32.2. The van der Waals surface area contributed by atoms with Gasteiger partial charge in [0.1, 0.15) is 0 Å². The van der Waals surface area contributed by atoms with E-state index in [4.69, 9.17) is 0 Å². The molecular formula is C17H13N3OS4. The summed E-state index contributed by atoms with van der Waals surface area (Å²) in [6.07, 6.45) is 2.01. The summed E-state index contributed by atoms with van der Waals surface area (Å²) in [5.74, 6) is 0.314. The lowest BCUT2D eigenvalue weighted by atomic mass is 10.3. The first-order chi connectivity index (χ1) is 12.2. The molecule has 0 unspecified atom stereocenters. The number of anilines is 1. The predicted molar refractivity (Wildman–Crippen MR) is 110 cm³/mol. The number of amides is 1. The molecule has 0 aliphatic rings. The van der Waals surface area contributed by atoms with E-state index in [9.17, 15) is 4.79 Å². The fourth-order valence-corrected chi connectivity index (χ4v) is 5.70. The van der Waals surface area contributed by atoms with Gasteiger partial charge in [0.05, 0.1) is 26.2 Å². The van der Waals surface area contributed by atoms with Crippen molar-refractivity contribution in [2.45, 2.75) is 8.68 Å². The number of para-hydroxylation sites is 1. The van der Waals surface area contributed by atoms with Crippen LogP contribution in [-0.4, -0.2) is 27.9 Å². The molecule has 1 N–H and O–H groups in total. The Morgan fingerprint density at radius 1 is 1.04 bits per heavy atom. The van der Waals surface area contributed by atoms with Crippen molar-refractivity contribution in [1.29, 1.82) is 0 Å². The quantitative estimate of drug-likeness (QED) is 0.455. The van der Waals surface area contributed by atoms with Crippen LogP contribution in [0.3, 0.4) is 0 Å². The Morgan fingerprint density at radius 3 is 2.64 bits per heavy atom. The van der Waals surface area contributed by atoms with Gasteiger partial charge in [-0.3, -0.25) is 4.79 Å². The van der Waals surface area contributed by atoms with Crippen LogP contribution in [0.5, 0.6) is 0 Å². The van der Waals surface area contributed by atoms with Crippen LogP contribution < -0.4 is 5.32 Å². The van der Waals surface area contributed by atoms with Gasteiger partial charge in [-0.05, 0) is 36.6 Å². The molecule has 126 valence electrons. The maximum absolute atomic E-state index is 12.2. The number of nitrogens with one attached hydrogen (secondary N) is 1. The van der Waals surface area contributed by atoms with E-state index in [1.807, 2.05) is 48.7 Å². The SMILES string of the molecule is CSc1nc2ccc(NC(=O)CSc3nc4ccccc4s3)cc2s1. The molecule has 0 atom stereocenters. The van der Waals surface area contributed by atoms with Gasteiger partial charge in [0.15, 0.2) is 8.68 Å². The van der Waals surface area contributed by atoms with Crippen molar-refractivity contribution < 1.29 is 4.79 Å². The molecule has 4 rings (SSSR count). The van der Waals surface area contributed by atoms with E-state index in [1.54, 1.807) is 34.4 Å². The largest absolute Gasteiger partial charge is 0.325 e. The first-order valence-corrected chi connectivity index (χ1v) is 11.3. The van der Waals surface area contributed by atoms with Gasteiger partial charge in [-0.25, -0.2) is 9.97 Å². The Morgan fingerprint density at radius 2 is 1.80 bits per heavy atom. The number of aromatic nitrogens is 2. The molecule has 2 aromatic carbocycles. The van der Waals surface area contributed by atoms with Crippen molar-refractivity contribution in [3.05, 3.63) is 42.5 Å². The minimum atomic E-state index is -0.0294. The molecule has 0 aliphatic carbocycles. The third-order valence-electron chi connectivity index (χ3n) is 3.43. The molecule has 0 radical (unpaired) electrons. The van der Waals surface area contributed by atoms with Gasteiger partial charge in [-0.1, -0.05) is 35.7 Å². The minimum Gasteiger partial charge on any atom is -0.325 e. The van der Waals surface area contributed by atoms with E-state index < -0.39 is 0 Å². The summed E-state index contributed by atoms with van der Waals surface area (Å²) in [6, 6.07) is 13.8. The molecule has 2 heterocycles. The monoisotopic (exact) mass is 403 g/mol. The lowest BCUT2D eigenvalue weighted by Crippen LogP contribution is -2.13. The molecular weight excluding hydrogens is 390 g/mol. The van der Waals surface area contributed by atoms with Crippen LogP contribution in [0.1, 0.15) is 0 Å². The molecule has 0 saturated heterocycles. The zero-order valence-corrected chi connectivity index (χ0v) is 16.5. The molecule has 1 amide bonds. The van der Waals surface area contributed by atoms with Crippen molar-refractivity contribution in [1.82, 2.24) is 9.97 Å². The van der Waals surface area contributed by atoms with Gasteiger partial charge in [-0.15, -0.1) is 22.7 Å². The van der Waals surface area contributed by atoms with Crippen molar-refractivity contribution in [2.24, 2.45) is 0 Å². The van der Waals surface area contributed by atoms with Crippen LogP contribution >= 0.6 is 46.2 Å². The van der Waals surface area contributed by atoms with Crippen LogP contribution in [0.2, 0.25) is 0 Å². The summed E-state index contributed by atoms with van der Waals surface area (Å²) in [7, 11) is 0. The van der Waals surface area contributed by atoms with Crippen LogP contribution in [-0.2, 0) is 4.79 Å². The number of fused-ring (bicyclic) bond motifs is 2. The Kier molecular flexibility index (Phi) is 4.93. The van der Waals surface area contributed by atoms with Crippen LogP contribution in [0.15, 0.2) is 51.1 Å². The molecule has 0 aliphatic heterocycles. The molecule has 0 saturated carbocycles. The smallest absolute Gasteiger partial charge is 0.234 e. The van der Waals surface area contributed by atoms with E-state index in [2.05, 4.69) is 15.3 Å². The number of hydrogen-bond donors (Lipinski definition) is 1. The Bertz CT molecular complexity index is 1020. The number of carbonyl (C=O) groups is 1. The summed E-state index contributed by atoms with van der Waals surface area (Å²) in [5.41, 5.74) is 2.76. The zero-order chi connectivity index (χ0) is 17.2. The predicted octanol–water partition coefficient (Wildman–Crippen LogP) is 5.36. The number of rotatable bonds is 5. The fourth-order valence-electron chi connectivity index (χ4n) is 2.31. The summed E-state index contributed by atoms with van der Waals surface area (Å²) >= 11 is 6.35. The van der Waals surface area contributed by atoms with Crippen LogP contribution in [0, 0.1) is 0 Å². The van der Waals surface area contributed by atoms with Crippen molar-refractivity contribution in [3.8, 4) is 0 Å². The summed E-state index contributed by atoms with van der Waals surface area (Å²) in [5, 5.41) is 2.95. The number of benzene rings is 2. The Hall–Kier alpha value is -1.61. The van der Waals surface area contributed by atoms with E-state index in [0.29, 0.717) is 5.75 Å². The van der Waals surface area contributed by atoms with Crippen molar-refractivity contribution in [2.75, 3.05) is 17.3 Å². The number of thiazole rings is 2. The first kappa shape index (κ1) is 16.8. The number of carbonyl (C=O) groups excluding carboxylic acids is 1. The summed E-state index contributed by atoms with van der Waals surface area (Å²) in [4.78, 5) is 21.3. The first-order valence-electron chi connectivity index (χ1n) is 7.44. The highest BCUT2D eigenvalue weighted by molar-refractivity contribution is 8.01. The number of hydrogen-bond acceptors (Lipinski definition) is 7. The van der Waals surface area contributed by atoms with Gasteiger partial charge >= 0.3 is 0 Å². The van der Waals surface area contributed by atoms with E-state index in [1.165, 1.54) is 11.8 Å². The lowest BCUT2D eigenvalue weighted by Gasteiger charge is -2.03. The van der Waals surface area contributed by atoms with Gasteiger partial charge in [0.25, 0.3) is 0 Å². The third kappa shape index (κ3) is 3.82. The maximum Gasteiger partial charge on any atom is 0.234 e. The summed E-state index contributed by atoms with van der Waals surface area (Å²) < 4.78 is 4.18. The van der Waals surface area contributed by atoms with Gasteiger partial charge < -0.3 is 5.32 Å². The normalized spacial score (nSPS) is 11.2. The molecule has 25 heavy (non-hydrogen) atoms. The van der Waals surface area contributed by atoms with E-state index >= 15 is 0 Å². The van der Waals surface area contributed by atoms with Crippen molar-refractivity contribution in [3.63, 3.8) is 0 Å². The van der Waals surface area contributed by atoms with Gasteiger partial charge in [0.2, 0.25) is 5.91 Å². The molecule has 4 aromatic rings. The molecule has 0 spiro atoms. The lowest BCUT2D eigenvalue weighted by molar-refractivity contribution is -0.113. The average Bonchev–Trinajstić information content (AvgIpc) is 3.22.